The maximum Gasteiger partial charge on any atom is 0.295 e. The summed E-state index contributed by atoms with van der Waals surface area (Å²) in [5.74, 6) is 0. The molecule has 10 aromatic rings. The summed E-state index contributed by atoms with van der Waals surface area (Å²) in [4.78, 5) is 0. The Labute approximate surface area is 246 Å². The van der Waals surface area contributed by atoms with Crippen LogP contribution >= 0.6 is 0 Å². The SMILES string of the molecule is Cc1c2oc3ccc4c5ccccc5n(-c5ccccc5)c4c3c2cc2c3ccccc3n3c4ccccc4[n+](C)c3c12. The van der Waals surface area contributed by atoms with E-state index in [1.807, 2.05) is 0 Å². The van der Waals surface area contributed by atoms with E-state index in [2.05, 4.69) is 149 Å². The number of nitrogens with zero attached hydrogens (tertiary/aromatic N) is 3. The third-order valence-corrected chi connectivity index (χ3v) is 9.48. The topological polar surface area (TPSA) is 26.4 Å². The van der Waals surface area contributed by atoms with Gasteiger partial charge in [0.15, 0.2) is 11.0 Å². The molecular weight excluding hydrogens is 526 g/mol. The minimum Gasteiger partial charge on any atom is -0.456 e. The highest BCUT2D eigenvalue weighted by atomic mass is 16.3. The Balaban J connectivity index is 1.49. The van der Waals surface area contributed by atoms with Crippen LogP contribution in [0.3, 0.4) is 0 Å². The third-order valence-electron chi connectivity index (χ3n) is 9.48. The van der Waals surface area contributed by atoms with E-state index >= 15 is 0 Å². The van der Waals surface area contributed by atoms with Crippen LogP contribution in [0.25, 0.3) is 87.8 Å². The number of rotatable bonds is 1. The first-order valence-corrected chi connectivity index (χ1v) is 14.8. The first-order chi connectivity index (χ1) is 21.2. The lowest BCUT2D eigenvalue weighted by Gasteiger charge is -2.09. The van der Waals surface area contributed by atoms with E-state index in [4.69, 9.17) is 4.42 Å². The van der Waals surface area contributed by atoms with Crippen molar-refractivity contribution in [3.05, 3.63) is 127 Å². The van der Waals surface area contributed by atoms with Crippen molar-refractivity contribution >= 4 is 82.1 Å². The molecule has 0 aliphatic heterocycles. The largest absolute Gasteiger partial charge is 0.456 e. The van der Waals surface area contributed by atoms with E-state index < -0.39 is 0 Å². The second-order valence-corrected chi connectivity index (χ2v) is 11.6. The van der Waals surface area contributed by atoms with E-state index in [0.717, 1.165) is 33.2 Å². The smallest absolute Gasteiger partial charge is 0.295 e. The van der Waals surface area contributed by atoms with Gasteiger partial charge in [-0.05, 0) is 61.5 Å². The van der Waals surface area contributed by atoms with Crippen molar-refractivity contribution in [2.24, 2.45) is 7.05 Å². The molecule has 0 fully saturated rings. The summed E-state index contributed by atoms with van der Waals surface area (Å²) in [6.45, 7) is 2.23. The Kier molecular flexibility index (Phi) is 4.29. The molecule has 0 aliphatic carbocycles. The Bertz CT molecular complexity index is 2800. The predicted octanol–water partition coefficient (Wildman–Crippen LogP) is 9.53. The van der Waals surface area contributed by atoms with Crippen molar-refractivity contribution in [2.75, 3.05) is 0 Å². The molecule has 0 radical (unpaired) electrons. The number of aryl methyl sites for hydroxylation is 2. The van der Waals surface area contributed by atoms with E-state index in [-0.39, 0.29) is 0 Å². The molecule has 0 atom stereocenters. The molecule has 4 aromatic heterocycles. The van der Waals surface area contributed by atoms with Crippen LogP contribution in [-0.4, -0.2) is 8.97 Å². The molecule has 4 heterocycles. The summed E-state index contributed by atoms with van der Waals surface area (Å²) in [6.07, 6.45) is 0. The fourth-order valence-electron chi connectivity index (χ4n) is 7.69. The van der Waals surface area contributed by atoms with Gasteiger partial charge in [-0.3, -0.25) is 0 Å². The highest BCUT2D eigenvalue weighted by Crippen LogP contribution is 2.44. The zero-order valence-electron chi connectivity index (χ0n) is 23.8. The van der Waals surface area contributed by atoms with Gasteiger partial charge in [0.25, 0.3) is 5.65 Å². The van der Waals surface area contributed by atoms with Crippen molar-refractivity contribution < 1.29 is 8.98 Å². The van der Waals surface area contributed by atoms with E-state index in [1.54, 1.807) is 0 Å². The summed E-state index contributed by atoms with van der Waals surface area (Å²) >= 11 is 0. The minimum atomic E-state index is 0.908. The zero-order chi connectivity index (χ0) is 28.4. The summed E-state index contributed by atoms with van der Waals surface area (Å²) < 4.78 is 14.0. The number of benzene rings is 6. The molecule has 202 valence electrons. The van der Waals surface area contributed by atoms with Crippen LogP contribution in [-0.2, 0) is 7.05 Å². The van der Waals surface area contributed by atoms with Crippen LogP contribution in [0.1, 0.15) is 5.56 Å². The second kappa shape index (κ2) is 8.02. The zero-order valence-corrected chi connectivity index (χ0v) is 23.8. The average molecular weight is 553 g/mol. The van der Waals surface area contributed by atoms with Gasteiger partial charge >= 0.3 is 0 Å². The van der Waals surface area contributed by atoms with E-state index in [1.165, 1.54) is 60.2 Å². The molecule has 0 saturated carbocycles. The number of aromatic nitrogens is 3. The van der Waals surface area contributed by atoms with Crippen molar-refractivity contribution in [3.8, 4) is 5.69 Å². The summed E-state index contributed by atoms with van der Waals surface area (Å²) in [6, 6.07) is 43.6. The summed E-state index contributed by atoms with van der Waals surface area (Å²) in [5, 5.41) is 8.50. The number of hydrogen-bond acceptors (Lipinski definition) is 1. The van der Waals surface area contributed by atoms with Gasteiger partial charge in [-0.1, -0.05) is 66.7 Å². The normalized spacial score (nSPS) is 12.4. The van der Waals surface area contributed by atoms with Crippen molar-refractivity contribution in [2.45, 2.75) is 6.92 Å². The highest BCUT2D eigenvalue weighted by molar-refractivity contribution is 6.28. The molecule has 0 bridgehead atoms. The first kappa shape index (κ1) is 23.0. The number of imidazole rings is 1. The van der Waals surface area contributed by atoms with Crippen molar-refractivity contribution in [1.82, 2.24) is 8.97 Å². The van der Waals surface area contributed by atoms with Gasteiger partial charge in [-0.2, -0.15) is 4.40 Å². The number of hydrogen-bond donors (Lipinski definition) is 0. The lowest BCUT2D eigenvalue weighted by Crippen LogP contribution is -2.27. The van der Waals surface area contributed by atoms with E-state index in [0.29, 0.717) is 0 Å². The fourth-order valence-corrected chi connectivity index (χ4v) is 7.69. The number of fused-ring (bicyclic) bond motifs is 15. The van der Waals surface area contributed by atoms with Crippen LogP contribution in [0.5, 0.6) is 0 Å². The lowest BCUT2D eigenvalue weighted by atomic mass is 9.98. The molecule has 0 amide bonds. The lowest BCUT2D eigenvalue weighted by molar-refractivity contribution is -0.617. The van der Waals surface area contributed by atoms with Crippen LogP contribution in [0, 0.1) is 6.92 Å². The highest BCUT2D eigenvalue weighted by Gasteiger charge is 2.27. The van der Waals surface area contributed by atoms with Gasteiger partial charge in [-0.25, -0.2) is 4.57 Å². The molecule has 0 unspecified atom stereocenters. The van der Waals surface area contributed by atoms with Crippen molar-refractivity contribution in [1.29, 1.82) is 0 Å². The Morgan fingerprint density at radius 3 is 2.07 bits per heavy atom. The number of pyridine rings is 1. The molecule has 43 heavy (non-hydrogen) atoms. The Morgan fingerprint density at radius 1 is 0.581 bits per heavy atom. The minimum absolute atomic E-state index is 0.908. The standard InChI is InChI=1S/C39H26N3O/c1-23-35-28(26-15-7-9-17-31(26)42-33-19-11-10-18-32(33)40(2)39(35)42)22-29-36-34(43-38(23)29)21-20-27-25-14-6-8-16-30(25)41(37(27)36)24-12-4-3-5-13-24/h3-22H,1-2H3/q+1. The molecule has 4 nitrogen and oxygen atoms in total. The van der Waals surface area contributed by atoms with Gasteiger partial charge in [0.05, 0.1) is 28.9 Å². The molecule has 0 spiro atoms. The maximum atomic E-state index is 6.83. The molecule has 4 heteroatoms. The van der Waals surface area contributed by atoms with Crippen molar-refractivity contribution in [3.63, 3.8) is 0 Å². The van der Waals surface area contributed by atoms with Crippen LogP contribution in [0.4, 0.5) is 0 Å². The number of para-hydroxylation sites is 5. The van der Waals surface area contributed by atoms with E-state index in [9.17, 15) is 0 Å². The maximum absolute atomic E-state index is 6.83. The third kappa shape index (κ3) is 2.78. The quantitative estimate of drug-likeness (QED) is 0.147. The van der Waals surface area contributed by atoms with Gasteiger partial charge in [0.2, 0.25) is 0 Å². The fraction of sp³-hybridized carbons (Fsp3) is 0.0513. The van der Waals surface area contributed by atoms with Gasteiger partial charge in [-0.15, -0.1) is 0 Å². The molecule has 6 aromatic carbocycles. The van der Waals surface area contributed by atoms with Gasteiger partial charge < -0.3 is 8.98 Å². The average Bonchev–Trinajstić information content (AvgIpc) is 3.70. The summed E-state index contributed by atoms with van der Waals surface area (Å²) in [7, 11) is 2.18. The monoisotopic (exact) mass is 552 g/mol. The first-order valence-electron chi connectivity index (χ1n) is 14.8. The summed E-state index contributed by atoms with van der Waals surface area (Å²) in [5.41, 5.74) is 11.3. The molecule has 0 aliphatic rings. The molecular formula is C39H26N3O+. The molecule has 0 saturated heterocycles. The predicted molar refractivity (Wildman–Crippen MR) is 177 cm³/mol. The molecule has 10 rings (SSSR count). The second-order valence-electron chi connectivity index (χ2n) is 11.6. The number of furan rings is 1. The molecule has 0 N–H and O–H groups in total. The Morgan fingerprint density at radius 2 is 1.26 bits per heavy atom. The Hall–Kier alpha value is -5.61. The van der Waals surface area contributed by atoms with Crippen LogP contribution < -0.4 is 4.57 Å². The van der Waals surface area contributed by atoms with Gasteiger partial charge in [0, 0.05) is 38.2 Å². The van der Waals surface area contributed by atoms with Crippen LogP contribution in [0.15, 0.2) is 126 Å². The van der Waals surface area contributed by atoms with Gasteiger partial charge in [0.1, 0.15) is 16.7 Å². The van der Waals surface area contributed by atoms with Crippen LogP contribution in [0.2, 0.25) is 0 Å².